The second kappa shape index (κ2) is 6.16. The van der Waals surface area contributed by atoms with E-state index in [1.165, 1.54) is 12.5 Å². The average Bonchev–Trinajstić information content (AvgIpc) is 3.42. The first-order valence-electron chi connectivity index (χ1n) is 8.60. The predicted molar refractivity (Wildman–Crippen MR) is 94.4 cm³/mol. The van der Waals surface area contributed by atoms with Gasteiger partial charge in [0.15, 0.2) is 12.2 Å². The molecule has 2 aromatic carbocycles. The highest BCUT2D eigenvalue weighted by Gasteiger charge is 2.30. The van der Waals surface area contributed by atoms with E-state index in [1.54, 1.807) is 24.4 Å². The maximum absolute atomic E-state index is 14.4. The summed E-state index contributed by atoms with van der Waals surface area (Å²) in [6, 6.07) is 8.15. The number of fused-ring (bicyclic) bond motifs is 2. The number of nitrogens with zero attached hydrogens (tertiary/aromatic N) is 3. The van der Waals surface area contributed by atoms with Gasteiger partial charge in [0, 0.05) is 10.9 Å². The smallest absolute Gasteiger partial charge is 0.181 e. The molecule has 0 saturated carbocycles. The highest BCUT2D eigenvalue weighted by Crippen LogP contribution is 2.39. The lowest BCUT2D eigenvalue weighted by Crippen LogP contribution is -2.05. The SMILES string of the molecule is N#Cc1c(F)cc2c(c1F)CCC2Oc1ccc2[nH]nc(-c3cnco3)c2c1. The van der Waals surface area contributed by atoms with Gasteiger partial charge in [-0.3, -0.25) is 5.10 Å². The fraction of sp³-hybridized carbons (Fsp3) is 0.150. The van der Waals surface area contributed by atoms with Crippen LogP contribution in [0.1, 0.15) is 29.2 Å². The molecule has 4 aromatic rings. The summed E-state index contributed by atoms with van der Waals surface area (Å²) in [7, 11) is 0. The van der Waals surface area contributed by atoms with Crippen LogP contribution in [-0.2, 0) is 6.42 Å². The molecule has 0 fully saturated rings. The van der Waals surface area contributed by atoms with E-state index in [4.69, 9.17) is 14.4 Å². The number of nitriles is 1. The predicted octanol–water partition coefficient (Wildman–Crippen LogP) is 4.43. The van der Waals surface area contributed by atoms with Crippen LogP contribution in [0.5, 0.6) is 5.75 Å². The monoisotopic (exact) mass is 378 g/mol. The first-order chi connectivity index (χ1) is 13.7. The average molecular weight is 378 g/mol. The van der Waals surface area contributed by atoms with E-state index in [-0.39, 0.29) is 0 Å². The zero-order valence-electron chi connectivity index (χ0n) is 14.4. The molecule has 8 heteroatoms. The van der Waals surface area contributed by atoms with Crippen LogP contribution in [-0.4, -0.2) is 15.2 Å². The van der Waals surface area contributed by atoms with Crippen molar-refractivity contribution in [1.82, 2.24) is 15.2 Å². The minimum Gasteiger partial charge on any atom is -0.486 e. The number of aromatic amines is 1. The van der Waals surface area contributed by atoms with Crippen molar-refractivity contribution in [3.63, 3.8) is 0 Å². The summed E-state index contributed by atoms with van der Waals surface area (Å²) in [5.41, 5.74) is 1.63. The van der Waals surface area contributed by atoms with Gasteiger partial charge in [-0.05, 0) is 42.7 Å². The number of aromatic nitrogens is 3. The van der Waals surface area contributed by atoms with E-state index >= 15 is 0 Å². The Balaban J connectivity index is 1.51. The van der Waals surface area contributed by atoms with Crippen molar-refractivity contribution in [2.75, 3.05) is 0 Å². The Morgan fingerprint density at radius 1 is 1.29 bits per heavy atom. The Morgan fingerprint density at radius 2 is 2.18 bits per heavy atom. The topological polar surface area (TPSA) is 87.7 Å². The van der Waals surface area contributed by atoms with Gasteiger partial charge in [-0.1, -0.05) is 0 Å². The van der Waals surface area contributed by atoms with E-state index in [0.29, 0.717) is 41.2 Å². The van der Waals surface area contributed by atoms with Crippen LogP contribution in [0.4, 0.5) is 8.78 Å². The van der Waals surface area contributed by atoms with E-state index in [0.717, 1.165) is 10.9 Å². The summed E-state index contributed by atoms with van der Waals surface area (Å²) in [5, 5.41) is 16.9. The quantitative estimate of drug-likeness (QED) is 0.570. The Morgan fingerprint density at radius 3 is 2.96 bits per heavy atom. The Hall–Kier alpha value is -3.73. The minimum absolute atomic E-state index is 0.342. The molecule has 0 bridgehead atoms. The van der Waals surface area contributed by atoms with Crippen LogP contribution < -0.4 is 4.74 Å². The first kappa shape index (κ1) is 16.4. The Bertz CT molecular complexity index is 1240. The number of oxazole rings is 1. The van der Waals surface area contributed by atoms with Crippen molar-refractivity contribution in [1.29, 1.82) is 5.26 Å². The molecule has 0 amide bonds. The summed E-state index contributed by atoms with van der Waals surface area (Å²) in [6.07, 6.45) is 3.28. The molecule has 28 heavy (non-hydrogen) atoms. The second-order valence-electron chi connectivity index (χ2n) is 6.52. The number of benzene rings is 2. The second-order valence-corrected chi connectivity index (χ2v) is 6.52. The van der Waals surface area contributed by atoms with Crippen LogP contribution in [0.15, 0.2) is 41.3 Å². The minimum atomic E-state index is -0.868. The molecule has 0 spiro atoms. The number of hydrogen-bond donors (Lipinski definition) is 1. The lowest BCUT2D eigenvalue weighted by Gasteiger charge is -2.15. The van der Waals surface area contributed by atoms with Crippen LogP contribution in [0.25, 0.3) is 22.4 Å². The molecule has 2 aromatic heterocycles. The van der Waals surface area contributed by atoms with Gasteiger partial charge in [-0.2, -0.15) is 10.4 Å². The molecule has 1 atom stereocenters. The lowest BCUT2D eigenvalue weighted by molar-refractivity contribution is 0.207. The normalized spacial score (nSPS) is 15.5. The van der Waals surface area contributed by atoms with Gasteiger partial charge in [-0.15, -0.1) is 0 Å². The molecule has 1 aliphatic rings. The number of H-pyrrole nitrogens is 1. The van der Waals surface area contributed by atoms with Crippen LogP contribution >= 0.6 is 0 Å². The zero-order valence-corrected chi connectivity index (χ0v) is 14.4. The standard InChI is InChI=1S/C20H12F2N4O2/c21-15-6-12-11(19(22)14(15)7-23)2-4-17(12)28-10-1-3-16-13(5-10)20(26-25-16)18-8-24-9-27-18/h1,3,5-6,8-9,17H,2,4H2,(H,25,26). The summed E-state index contributed by atoms with van der Waals surface area (Å²) in [4.78, 5) is 3.90. The Kier molecular flexibility index (Phi) is 3.62. The number of ether oxygens (including phenoxy) is 1. The molecule has 6 nitrogen and oxygen atoms in total. The van der Waals surface area contributed by atoms with Crippen LogP contribution in [0, 0.1) is 23.0 Å². The third kappa shape index (κ3) is 2.44. The van der Waals surface area contributed by atoms with Crippen molar-refractivity contribution < 1.29 is 17.9 Å². The molecular formula is C20H12F2N4O2. The van der Waals surface area contributed by atoms with Crippen molar-refractivity contribution in [3.05, 3.63) is 65.2 Å². The fourth-order valence-electron chi connectivity index (χ4n) is 3.63. The summed E-state index contributed by atoms with van der Waals surface area (Å²) in [6.45, 7) is 0. The van der Waals surface area contributed by atoms with Gasteiger partial charge in [0.25, 0.3) is 0 Å². The molecule has 138 valence electrons. The van der Waals surface area contributed by atoms with Gasteiger partial charge in [-0.25, -0.2) is 13.8 Å². The van der Waals surface area contributed by atoms with E-state index in [2.05, 4.69) is 15.2 Å². The number of halogens is 2. The molecule has 1 N–H and O–H groups in total. The van der Waals surface area contributed by atoms with Crippen LogP contribution in [0.3, 0.4) is 0 Å². The third-order valence-electron chi connectivity index (χ3n) is 4.95. The van der Waals surface area contributed by atoms with E-state index < -0.39 is 23.3 Å². The van der Waals surface area contributed by atoms with Gasteiger partial charge in [0.05, 0.1) is 11.7 Å². The van der Waals surface area contributed by atoms with Gasteiger partial charge in [0.1, 0.15) is 40.8 Å². The zero-order chi connectivity index (χ0) is 19.3. The maximum Gasteiger partial charge on any atom is 0.181 e. The number of rotatable bonds is 3. The summed E-state index contributed by atoms with van der Waals surface area (Å²) < 4.78 is 39.8. The molecular weight excluding hydrogens is 366 g/mol. The van der Waals surface area contributed by atoms with Gasteiger partial charge >= 0.3 is 0 Å². The molecule has 1 unspecified atom stereocenters. The summed E-state index contributed by atoms with van der Waals surface area (Å²) in [5.74, 6) is -0.603. The molecule has 0 aliphatic heterocycles. The van der Waals surface area contributed by atoms with Crippen LogP contribution in [0.2, 0.25) is 0 Å². The Labute approximate surface area is 157 Å². The van der Waals surface area contributed by atoms with E-state index in [1.807, 2.05) is 6.07 Å². The number of nitrogens with one attached hydrogen (secondary N) is 1. The lowest BCUT2D eigenvalue weighted by atomic mass is 10.0. The molecule has 1 aliphatic carbocycles. The molecule has 5 rings (SSSR count). The third-order valence-corrected chi connectivity index (χ3v) is 4.95. The van der Waals surface area contributed by atoms with E-state index in [9.17, 15) is 8.78 Å². The fourth-order valence-corrected chi connectivity index (χ4v) is 3.63. The number of hydrogen-bond acceptors (Lipinski definition) is 5. The van der Waals surface area contributed by atoms with Crippen molar-refractivity contribution in [2.45, 2.75) is 18.9 Å². The highest BCUT2D eigenvalue weighted by molar-refractivity contribution is 5.92. The largest absolute Gasteiger partial charge is 0.486 e. The van der Waals surface area contributed by atoms with Crippen molar-refractivity contribution >= 4 is 10.9 Å². The molecule has 0 radical (unpaired) electrons. The summed E-state index contributed by atoms with van der Waals surface area (Å²) >= 11 is 0. The molecule has 0 saturated heterocycles. The first-order valence-corrected chi connectivity index (χ1v) is 8.60. The van der Waals surface area contributed by atoms with Crippen molar-refractivity contribution in [3.8, 4) is 23.3 Å². The highest BCUT2D eigenvalue weighted by atomic mass is 19.1. The van der Waals surface area contributed by atoms with Gasteiger partial charge < -0.3 is 9.15 Å². The van der Waals surface area contributed by atoms with Crippen molar-refractivity contribution in [2.24, 2.45) is 0 Å². The van der Waals surface area contributed by atoms with Gasteiger partial charge in [0.2, 0.25) is 0 Å². The molecule has 2 heterocycles. The maximum atomic E-state index is 14.4.